The van der Waals surface area contributed by atoms with E-state index in [4.69, 9.17) is 5.73 Å². The number of nitrogen functional groups attached to an aromatic ring is 1. The zero-order valence-electron chi connectivity index (χ0n) is 10.2. The summed E-state index contributed by atoms with van der Waals surface area (Å²) in [5.74, 6) is 0.436. The van der Waals surface area contributed by atoms with Crippen molar-refractivity contribution in [3.63, 3.8) is 0 Å². The van der Waals surface area contributed by atoms with E-state index >= 15 is 0 Å². The molecule has 1 atom stereocenters. The lowest BCUT2D eigenvalue weighted by molar-refractivity contribution is -0.384. The summed E-state index contributed by atoms with van der Waals surface area (Å²) >= 11 is 0. The summed E-state index contributed by atoms with van der Waals surface area (Å²) in [4.78, 5) is 10.2. The van der Waals surface area contributed by atoms with E-state index in [2.05, 4.69) is 5.32 Å². The van der Waals surface area contributed by atoms with Crippen molar-refractivity contribution in [2.75, 3.05) is 29.1 Å². The van der Waals surface area contributed by atoms with Crippen LogP contribution in [0, 0.1) is 16.0 Å². The van der Waals surface area contributed by atoms with Crippen LogP contribution in [0.25, 0.3) is 0 Å². The summed E-state index contributed by atoms with van der Waals surface area (Å²) in [5, 5.41) is 13.7. The number of sulfone groups is 1. The highest BCUT2D eigenvalue weighted by atomic mass is 32.2. The van der Waals surface area contributed by atoms with Crippen molar-refractivity contribution in [3.05, 3.63) is 28.3 Å². The second-order valence-electron chi connectivity index (χ2n) is 4.72. The van der Waals surface area contributed by atoms with Crippen LogP contribution in [0.2, 0.25) is 0 Å². The monoisotopic (exact) mass is 285 g/mol. The Morgan fingerprint density at radius 1 is 1.42 bits per heavy atom. The summed E-state index contributed by atoms with van der Waals surface area (Å²) < 4.78 is 22.6. The van der Waals surface area contributed by atoms with Gasteiger partial charge in [-0.2, -0.15) is 0 Å². The van der Waals surface area contributed by atoms with Crippen molar-refractivity contribution in [2.45, 2.75) is 6.42 Å². The quantitative estimate of drug-likeness (QED) is 0.485. The van der Waals surface area contributed by atoms with Crippen LogP contribution in [0.4, 0.5) is 17.1 Å². The minimum Gasteiger partial charge on any atom is -0.398 e. The van der Waals surface area contributed by atoms with Crippen LogP contribution >= 0.6 is 0 Å². The molecule has 7 nitrogen and oxygen atoms in total. The first-order valence-corrected chi connectivity index (χ1v) is 7.67. The van der Waals surface area contributed by atoms with Crippen LogP contribution in [-0.2, 0) is 9.84 Å². The van der Waals surface area contributed by atoms with Crippen molar-refractivity contribution in [3.8, 4) is 0 Å². The molecule has 0 radical (unpaired) electrons. The maximum absolute atomic E-state index is 11.3. The number of nitro benzene ring substituents is 1. The fourth-order valence-electron chi connectivity index (χ4n) is 2.14. The maximum Gasteiger partial charge on any atom is 0.273 e. The molecule has 0 aliphatic carbocycles. The molecule has 1 aliphatic rings. The third-order valence-electron chi connectivity index (χ3n) is 3.07. The minimum absolute atomic E-state index is 0.0467. The lowest BCUT2D eigenvalue weighted by Gasteiger charge is -2.11. The molecule has 2 rings (SSSR count). The van der Waals surface area contributed by atoms with Gasteiger partial charge in [0.2, 0.25) is 0 Å². The maximum atomic E-state index is 11.3. The molecule has 1 saturated heterocycles. The normalized spacial score (nSPS) is 21.2. The van der Waals surface area contributed by atoms with Gasteiger partial charge < -0.3 is 11.1 Å². The molecule has 0 bridgehead atoms. The first-order valence-electron chi connectivity index (χ1n) is 5.85. The number of nitro groups is 1. The lowest BCUT2D eigenvalue weighted by Crippen LogP contribution is -2.15. The van der Waals surface area contributed by atoms with E-state index in [9.17, 15) is 18.5 Å². The minimum atomic E-state index is -2.90. The molecule has 0 aromatic heterocycles. The number of rotatable bonds is 4. The first-order chi connectivity index (χ1) is 8.85. The Morgan fingerprint density at radius 2 is 2.16 bits per heavy atom. The van der Waals surface area contributed by atoms with Crippen LogP contribution in [-0.4, -0.2) is 31.4 Å². The zero-order chi connectivity index (χ0) is 14.0. The number of non-ortho nitro benzene ring substituents is 1. The topological polar surface area (TPSA) is 115 Å². The van der Waals surface area contributed by atoms with Crippen molar-refractivity contribution in [2.24, 2.45) is 5.92 Å². The van der Waals surface area contributed by atoms with Gasteiger partial charge in [0, 0.05) is 30.1 Å². The van der Waals surface area contributed by atoms with E-state index in [0.29, 0.717) is 24.3 Å². The van der Waals surface area contributed by atoms with Crippen molar-refractivity contribution in [1.82, 2.24) is 0 Å². The second-order valence-corrected chi connectivity index (χ2v) is 6.95. The van der Waals surface area contributed by atoms with Gasteiger partial charge in [-0.15, -0.1) is 0 Å². The molecule has 1 aliphatic heterocycles. The summed E-state index contributed by atoms with van der Waals surface area (Å²) in [6.07, 6.45) is 0.625. The fourth-order valence-corrected chi connectivity index (χ4v) is 4.00. The Morgan fingerprint density at radius 3 is 2.74 bits per heavy atom. The molecule has 0 spiro atoms. The molecular weight excluding hydrogens is 270 g/mol. The van der Waals surface area contributed by atoms with Gasteiger partial charge in [-0.05, 0) is 18.4 Å². The first kappa shape index (κ1) is 13.6. The number of anilines is 2. The Hall–Kier alpha value is -1.83. The predicted molar refractivity (Wildman–Crippen MR) is 72.8 cm³/mol. The summed E-state index contributed by atoms with van der Waals surface area (Å²) in [6.45, 7) is 0.472. The fraction of sp³-hybridized carbons (Fsp3) is 0.455. The van der Waals surface area contributed by atoms with Crippen LogP contribution in [0.5, 0.6) is 0 Å². The number of nitrogens with one attached hydrogen (secondary N) is 1. The molecule has 1 heterocycles. The number of nitrogens with zero attached hydrogens (tertiary/aromatic N) is 1. The van der Waals surface area contributed by atoms with Crippen molar-refractivity contribution >= 4 is 26.9 Å². The van der Waals surface area contributed by atoms with Gasteiger partial charge in [-0.1, -0.05) is 0 Å². The zero-order valence-corrected chi connectivity index (χ0v) is 11.0. The van der Waals surface area contributed by atoms with Gasteiger partial charge in [0.25, 0.3) is 5.69 Å². The smallest absolute Gasteiger partial charge is 0.273 e. The summed E-state index contributed by atoms with van der Waals surface area (Å²) in [7, 11) is -2.90. The lowest BCUT2D eigenvalue weighted by atomic mass is 10.1. The number of hydrogen-bond acceptors (Lipinski definition) is 6. The molecule has 1 aromatic carbocycles. The standard InChI is InChI=1S/C11H15N3O4S/c12-9-3-10(5-11(4-9)14(15)16)13-6-8-1-2-19(17,18)7-8/h3-5,8,13H,1-2,6-7,12H2. The van der Waals surface area contributed by atoms with Crippen LogP contribution < -0.4 is 11.1 Å². The average Bonchev–Trinajstić information content (AvgIpc) is 2.65. The van der Waals surface area contributed by atoms with Gasteiger partial charge in [0.05, 0.1) is 16.4 Å². The van der Waals surface area contributed by atoms with E-state index in [1.165, 1.54) is 12.1 Å². The molecule has 0 amide bonds. The van der Waals surface area contributed by atoms with E-state index in [1.807, 2.05) is 0 Å². The second kappa shape index (κ2) is 5.04. The Labute approximate surface area is 110 Å². The number of nitrogens with two attached hydrogens (primary N) is 1. The van der Waals surface area contributed by atoms with Crippen LogP contribution in [0.15, 0.2) is 18.2 Å². The third kappa shape index (κ3) is 3.57. The van der Waals surface area contributed by atoms with E-state index in [0.717, 1.165) is 0 Å². The van der Waals surface area contributed by atoms with E-state index in [1.54, 1.807) is 6.07 Å². The van der Waals surface area contributed by atoms with E-state index in [-0.39, 0.29) is 23.1 Å². The molecule has 1 aromatic rings. The van der Waals surface area contributed by atoms with E-state index < -0.39 is 14.8 Å². The molecule has 104 valence electrons. The van der Waals surface area contributed by atoms with Crippen molar-refractivity contribution in [1.29, 1.82) is 0 Å². The largest absolute Gasteiger partial charge is 0.398 e. The summed E-state index contributed by atoms with van der Waals surface area (Å²) in [5.41, 5.74) is 6.34. The van der Waals surface area contributed by atoms with Crippen LogP contribution in [0.1, 0.15) is 6.42 Å². The molecule has 1 unspecified atom stereocenters. The highest BCUT2D eigenvalue weighted by molar-refractivity contribution is 7.91. The Bertz CT molecular complexity index is 600. The number of benzene rings is 1. The average molecular weight is 285 g/mol. The van der Waals surface area contributed by atoms with Crippen molar-refractivity contribution < 1.29 is 13.3 Å². The molecule has 8 heteroatoms. The predicted octanol–water partition coefficient (Wildman–Crippen LogP) is 1.02. The molecule has 1 fully saturated rings. The molecule has 19 heavy (non-hydrogen) atoms. The number of hydrogen-bond donors (Lipinski definition) is 2. The highest BCUT2D eigenvalue weighted by Crippen LogP contribution is 2.24. The van der Waals surface area contributed by atoms with Crippen LogP contribution in [0.3, 0.4) is 0 Å². The highest BCUT2D eigenvalue weighted by Gasteiger charge is 2.27. The Balaban J connectivity index is 2.02. The third-order valence-corrected chi connectivity index (χ3v) is 4.91. The van der Waals surface area contributed by atoms with Gasteiger partial charge in [0.1, 0.15) is 0 Å². The SMILES string of the molecule is Nc1cc(NCC2CCS(=O)(=O)C2)cc([N+](=O)[O-])c1. The molecule has 0 saturated carbocycles. The molecule has 3 N–H and O–H groups in total. The Kier molecular flexibility index (Phi) is 3.61. The van der Waals surface area contributed by atoms with Gasteiger partial charge in [-0.3, -0.25) is 10.1 Å². The van der Waals surface area contributed by atoms with Gasteiger partial charge >= 0.3 is 0 Å². The summed E-state index contributed by atoms with van der Waals surface area (Å²) in [6, 6.07) is 4.27. The van der Waals surface area contributed by atoms with Gasteiger partial charge in [-0.25, -0.2) is 8.42 Å². The molecular formula is C11H15N3O4S. The van der Waals surface area contributed by atoms with Gasteiger partial charge in [0.15, 0.2) is 9.84 Å².